The first kappa shape index (κ1) is 12.3. The molecule has 0 saturated heterocycles. The van der Waals surface area contributed by atoms with Gasteiger partial charge in [0.25, 0.3) is 0 Å². The number of halogens is 2. The first-order valence-electron chi connectivity index (χ1n) is 4.50. The second-order valence-corrected chi connectivity index (χ2v) is 4.87. The second-order valence-electron chi connectivity index (χ2n) is 3.22. The molecule has 0 spiro atoms. The third-order valence-corrected chi connectivity index (χ3v) is 3.71. The highest BCUT2D eigenvalue weighted by Gasteiger charge is 2.17. The minimum absolute atomic E-state index is 0.0677. The Balaban J connectivity index is 2.80. The van der Waals surface area contributed by atoms with Gasteiger partial charge in [-0.25, -0.2) is 4.98 Å². The van der Waals surface area contributed by atoms with Crippen molar-refractivity contribution in [3.63, 3.8) is 0 Å². The Hall–Kier alpha value is -1.21. The van der Waals surface area contributed by atoms with Crippen molar-refractivity contribution in [3.05, 3.63) is 37.4 Å². The summed E-state index contributed by atoms with van der Waals surface area (Å²) >= 11 is 6.55. The molecule has 2 rings (SSSR count). The number of benzene rings is 1. The summed E-state index contributed by atoms with van der Waals surface area (Å²) in [5, 5.41) is 11.4. The van der Waals surface area contributed by atoms with E-state index in [4.69, 9.17) is 4.74 Å². The number of methoxy groups -OCH3 is 1. The summed E-state index contributed by atoms with van der Waals surface area (Å²) in [6.45, 7) is 0. The largest absolute Gasteiger partial charge is 0.496 e. The Morgan fingerprint density at radius 2 is 2.12 bits per heavy atom. The van der Waals surface area contributed by atoms with Gasteiger partial charge in [-0.15, -0.1) is 0 Å². The molecule has 2 aromatic rings. The Kier molecular flexibility index (Phi) is 3.30. The van der Waals surface area contributed by atoms with Crippen LogP contribution in [0.4, 0.5) is 5.69 Å². The molecule has 0 amide bonds. The van der Waals surface area contributed by atoms with Gasteiger partial charge in [-0.1, -0.05) is 0 Å². The van der Waals surface area contributed by atoms with Gasteiger partial charge in [0.05, 0.1) is 22.0 Å². The number of ether oxygens (including phenoxy) is 1. The van der Waals surface area contributed by atoms with Gasteiger partial charge in [-0.3, -0.25) is 10.1 Å². The Bertz CT molecular complexity index is 616. The van der Waals surface area contributed by atoms with Gasteiger partial charge in [0.2, 0.25) is 0 Å². The topological polar surface area (TPSA) is 65.3 Å². The highest BCUT2D eigenvalue weighted by Crippen LogP contribution is 2.36. The number of hydrogen-bond acceptors (Lipinski definition) is 4. The highest BCUT2D eigenvalue weighted by atomic mass is 79.9. The van der Waals surface area contributed by atoms with Crippen LogP contribution < -0.4 is 4.74 Å². The van der Waals surface area contributed by atoms with Gasteiger partial charge in [-0.05, 0) is 44.0 Å². The number of rotatable bonds is 2. The van der Waals surface area contributed by atoms with Gasteiger partial charge >= 0.3 is 5.69 Å². The van der Waals surface area contributed by atoms with E-state index in [0.29, 0.717) is 21.1 Å². The zero-order valence-electron chi connectivity index (χ0n) is 8.61. The molecule has 0 aliphatic rings. The number of nitro groups is 1. The lowest BCUT2D eigenvalue weighted by Crippen LogP contribution is -1.93. The molecule has 5 nitrogen and oxygen atoms in total. The average Bonchev–Trinajstić information content (AvgIpc) is 2.28. The van der Waals surface area contributed by atoms with Crippen LogP contribution in [-0.2, 0) is 0 Å². The molecule has 17 heavy (non-hydrogen) atoms. The smallest absolute Gasteiger partial charge is 0.302 e. The highest BCUT2D eigenvalue weighted by molar-refractivity contribution is 9.11. The molecule has 0 fully saturated rings. The lowest BCUT2D eigenvalue weighted by atomic mass is 10.2. The summed E-state index contributed by atoms with van der Waals surface area (Å²) in [4.78, 5) is 14.3. The number of fused-ring (bicyclic) bond motifs is 1. The monoisotopic (exact) mass is 360 g/mol. The number of nitrogens with zero attached hydrogens (tertiary/aromatic N) is 2. The van der Waals surface area contributed by atoms with Crippen LogP contribution in [0.5, 0.6) is 5.75 Å². The molecule has 1 heterocycles. The first-order chi connectivity index (χ1) is 8.04. The van der Waals surface area contributed by atoms with Gasteiger partial charge < -0.3 is 4.74 Å². The lowest BCUT2D eigenvalue weighted by molar-refractivity contribution is -0.385. The summed E-state index contributed by atoms with van der Waals surface area (Å²) in [5.41, 5.74) is 0.581. The summed E-state index contributed by atoms with van der Waals surface area (Å²) in [5.74, 6) is 0.598. The predicted molar refractivity (Wildman–Crippen MR) is 70.3 cm³/mol. The van der Waals surface area contributed by atoms with E-state index in [1.165, 1.54) is 13.3 Å². The fraction of sp³-hybridized carbons (Fsp3) is 0.100. The van der Waals surface area contributed by atoms with Gasteiger partial charge in [0.15, 0.2) is 0 Å². The quantitative estimate of drug-likeness (QED) is 0.604. The van der Waals surface area contributed by atoms with Crippen molar-refractivity contribution in [3.8, 4) is 5.75 Å². The molecule has 0 saturated carbocycles. The molecule has 1 aromatic heterocycles. The van der Waals surface area contributed by atoms with Crippen LogP contribution in [-0.4, -0.2) is 17.0 Å². The Labute approximate surface area is 113 Å². The predicted octanol–water partition coefficient (Wildman–Crippen LogP) is 3.68. The van der Waals surface area contributed by atoms with Crippen LogP contribution in [0.15, 0.2) is 27.3 Å². The number of pyridine rings is 1. The number of hydrogen-bond donors (Lipinski definition) is 0. The minimum atomic E-state index is -0.481. The average molecular weight is 362 g/mol. The van der Waals surface area contributed by atoms with Crippen LogP contribution in [0.1, 0.15) is 0 Å². The molecular formula is C10H6Br2N2O3. The van der Waals surface area contributed by atoms with Crippen LogP contribution in [0.25, 0.3) is 10.9 Å². The lowest BCUT2D eigenvalue weighted by Gasteiger charge is -2.06. The van der Waals surface area contributed by atoms with E-state index in [-0.39, 0.29) is 5.69 Å². The van der Waals surface area contributed by atoms with E-state index in [9.17, 15) is 10.1 Å². The molecule has 0 aliphatic heterocycles. The van der Waals surface area contributed by atoms with E-state index < -0.39 is 4.92 Å². The van der Waals surface area contributed by atoms with E-state index in [0.717, 1.165) is 4.47 Å². The standard InChI is InChI=1S/C10H6Br2N2O3/c1-17-9-2-5-7(3-6(9)11)13-4-8(10(5)12)14(15)16/h2-4H,1H3. The fourth-order valence-corrected chi connectivity index (χ4v) is 2.49. The number of aromatic nitrogens is 1. The normalized spacial score (nSPS) is 10.5. The van der Waals surface area contributed by atoms with Crippen molar-refractivity contribution in [2.75, 3.05) is 7.11 Å². The molecule has 0 bridgehead atoms. The zero-order chi connectivity index (χ0) is 12.6. The minimum Gasteiger partial charge on any atom is -0.496 e. The van der Waals surface area contributed by atoms with Gasteiger partial charge in [-0.2, -0.15) is 0 Å². The molecular weight excluding hydrogens is 356 g/mol. The maximum absolute atomic E-state index is 10.8. The maximum Gasteiger partial charge on any atom is 0.302 e. The molecule has 0 N–H and O–H groups in total. The third-order valence-electron chi connectivity index (χ3n) is 2.25. The van der Waals surface area contributed by atoms with E-state index in [1.807, 2.05) is 0 Å². The van der Waals surface area contributed by atoms with Crippen LogP contribution in [0.3, 0.4) is 0 Å². The SMILES string of the molecule is COc1cc2c(Br)c([N+](=O)[O-])cnc2cc1Br. The maximum atomic E-state index is 10.8. The summed E-state index contributed by atoms with van der Waals surface area (Å²) in [7, 11) is 1.53. The van der Waals surface area contributed by atoms with Gasteiger partial charge in [0, 0.05) is 5.39 Å². The van der Waals surface area contributed by atoms with Crippen LogP contribution in [0.2, 0.25) is 0 Å². The van der Waals surface area contributed by atoms with Crippen LogP contribution in [0, 0.1) is 10.1 Å². The summed E-state index contributed by atoms with van der Waals surface area (Å²) < 4.78 is 6.29. The Morgan fingerprint density at radius 3 is 2.71 bits per heavy atom. The molecule has 7 heteroatoms. The molecule has 0 unspecified atom stereocenters. The molecule has 88 valence electrons. The van der Waals surface area contributed by atoms with Crippen molar-refractivity contribution in [2.45, 2.75) is 0 Å². The van der Waals surface area contributed by atoms with Crippen molar-refractivity contribution in [2.24, 2.45) is 0 Å². The van der Waals surface area contributed by atoms with E-state index in [2.05, 4.69) is 36.8 Å². The molecule has 1 aromatic carbocycles. The first-order valence-corrected chi connectivity index (χ1v) is 6.09. The second kappa shape index (κ2) is 4.58. The van der Waals surface area contributed by atoms with Crippen molar-refractivity contribution in [1.29, 1.82) is 0 Å². The van der Waals surface area contributed by atoms with Gasteiger partial charge in [0.1, 0.15) is 16.4 Å². The fourth-order valence-electron chi connectivity index (χ4n) is 1.43. The molecule has 0 radical (unpaired) electrons. The van der Waals surface area contributed by atoms with E-state index in [1.54, 1.807) is 12.1 Å². The Morgan fingerprint density at radius 1 is 1.41 bits per heavy atom. The summed E-state index contributed by atoms with van der Waals surface area (Å²) in [6.07, 6.45) is 1.23. The van der Waals surface area contributed by atoms with Crippen molar-refractivity contribution in [1.82, 2.24) is 4.98 Å². The van der Waals surface area contributed by atoms with Crippen LogP contribution >= 0.6 is 31.9 Å². The van der Waals surface area contributed by atoms with Crippen molar-refractivity contribution < 1.29 is 9.66 Å². The third kappa shape index (κ3) is 2.12. The summed E-state index contributed by atoms with van der Waals surface area (Å²) in [6, 6.07) is 3.45. The van der Waals surface area contributed by atoms with E-state index >= 15 is 0 Å². The molecule has 0 atom stereocenters. The zero-order valence-corrected chi connectivity index (χ0v) is 11.8. The molecule has 0 aliphatic carbocycles. The van der Waals surface area contributed by atoms with Crippen molar-refractivity contribution >= 4 is 48.5 Å².